The highest BCUT2D eigenvalue weighted by Gasteiger charge is 2.22. The smallest absolute Gasteiger partial charge is 0.462 e. The first-order valence-corrected chi connectivity index (χ1v) is 20.8. The Bertz CT molecular complexity index is 1200. The molecule has 0 saturated carbocycles. The first-order chi connectivity index (χ1) is 25.3. The summed E-state index contributed by atoms with van der Waals surface area (Å²) in [5.41, 5.74) is 0. The normalized spacial score (nSPS) is 13.7. The Kier molecular flexibility index (Phi) is 35.1. The van der Waals surface area contributed by atoms with Crippen LogP contribution in [0.1, 0.15) is 129 Å². The van der Waals surface area contributed by atoms with Gasteiger partial charge in [0.1, 0.15) is 6.61 Å². The Balaban J connectivity index is 4.17. The maximum Gasteiger partial charge on any atom is 0.469 e. The number of phosphoric acid groups is 1. The molecule has 292 valence electrons. The third kappa shape index (κ3) is 39.5. The van der Waals surface area contributed by atoms with E-state index in [1.54, 1.807) is 0 Å². The minimum absolute atomic E-state index is 0.0756. The number of allylic oxidation sites excluding steroid dienone is 18. The average molecular weight is 743 g/mol. The van der Waals surface area contributed by atoms with E-state index in [4.69, 9.17) is 19.3 Å². The van der Waals surface area contributed by atoms with E-state index in [2.05, 4.69) is 79.1 Å². The molecule has 0 aromatic heterocycles. The summed E-state index contributed by atoms with van der Waals surface area (Å²) in [7, 11) is -4.79. The number of unbranched alkanes of at least 4 members (excludes halogenated alkanes) is 8. The van der Waals surface area contributed by atoms with Crippen LogP contribution in [0, 0.1) is 0 Å². The van der Waals surface area contributed by atoms with Crippen molar-refractivity contribution in [2.75, 3.05) is 13.2 Å². The molecular weight excluding hydrogens is 675 g/mol. The third-order valence-electron chi connectivity index (χ3n) is 7.38. The van der Waals surface area contributed by atoms with E-state index in [0.29, 0.717) is 12.8 Å². The van der Waals surface area contributed by atoms with Gasteiger partial charge in [-0.1, -0.05) is 155 Å². The first kappa shape index (κ1) is 48.7. The zero-order chi connectivity index (χ0) is 38.2. The molecule has 0 aliphatic rings. The molecule has 0 aliphatic heterocycles. The van der Waals surface area contributed by atoms with Gasteiger partial charge in [0.05, 0.1) is 6.61 Å². The lowest BCUT2D eigenvalue weighted by Crippen LogP contribution is -2.29. The Hall–Kier alpha value is -3.29. The van der Waals surface area contributed by atoms with Crippen LogP contribution in [0.5, 0.6) is 0 Å². The fourth-order valence-corrected chi connectivity index (χ4v) is 4.90. The topological polar surface area (TPSA) is 119 Å². The molecule has 0 radical (unpaired) electrons. The maximum absolute atomic E-state index is 12.3. The van der Waals surface area contributed by atoms with Crippen molar-refractivity contribution in [3.8, 4) is 0 Å². The second-order valence-corrected chi connectivity index (χ2v) is 13.5. The van der Waals surface area contributed by atoms with Gasteiger partial charge in [-0.15, -0.1) is 0 Å². The standard InChI is InChI=1S/C43H67O8P/c1-3-5-7-9-11-13-15-17-19-20-21-22-24-26-28-30-32-34-36-38-43(45)51-41(40-50-52(46,47)48)39-49-42(44)37-35-33-31-29-27-25-23-18-16-14-12-10-8-6-4-2/h6,8,10-14,16-19,21-23,26,28,32,34,41H,3-5,7,9,15,20,24-25,27,29-31,33,35-40H2,1-2H3,(H2,46,47,48)/b8-6+,12-10+,13-11+,16-14+,19-17+,22-21+,23-18+,28-26+,34-32+/t41-/m1/s1. The zero-order valence-corrected chi connectivity index (χ0v) is 32.8. The highest BCUT2D eigenvalue weighted by molar-refractivity contribution is 7.46. The monoisotopic (exact) mass is 742 g/mol. The zero-order valence-electron chi connectivity index (χ0n) is 31.9. The lowest BCUT2D eigenvalue weighted by molar-refractivity contribution is -0.161. The number of carbonyl (C=O) groups is 2. The van der Waals surface area contributed by atoms with Crippen molar-refractivity contribution in [1.82, 2.24) is 0 Å². The molecule has 1 atom stereocenters. The van der Waals surface area contributed by atoms with E-state index in [1.165, 1.54) is 25.7 Å². The number of hydrogen-bond acceptors (Lipinski definition) is 6. The van der Waals surface area contributed by atoms with Crippen LogP contribution < -0.4 is 0 Å². The molecule has 0 unspecified atom stereocenters. The average Bonchev–Trinajstić information content (AvgIpc) is 3.11. The van der Waals surface area contributed by atoms with Gasteiger partial charge in [-0.25, -0.2) is 4.57 Å². The molecule has 0 aromatic carbocycles. The van der Waals surface area contributed by atoms with Crippen LogP contribution >= 0.6 is 7.82 Å². The van der Waals surface area contributed by atoms with Crippen LogP contribution in [0.3, 0.4) is 0 Å². The fourth-order valence-electron chi connectivity index (χ4n) is 4.54. The van der Waals surface area contributed by atoms with Crippen LogP contribution in [-0.2, 0) is 28.2 Å². The number of ether oxygens (including phenoxy) is 2. The molecule has 0 bridgehead atoms. The van der Waals surface area contributed by atoms with Crippen LogP contribution in [0.15, 0.2) is 109 Å². The van der Waals surface area contributed by atoms with Crippen LogP contribution in [-0.4, -0.2) is 41.0 Å². The number of phosphoric ester groups is 1. The van der Waals surface area contributed by atoms with Gasteiger partial charge in [0, 0.05) is 12.8 Å². The number of esters is 2. The molecular formula is C43H67O8P. The lowest BCUT2D eigenvalue weighted by atomic mass is 10.1. The van der Waals surface area contributed by atoms with E-state index in [9.17, 15) is 14.2 Å². The van der Waals surface area contributed by atoms with Crippen molar-refractivity contribution in [1.29, 1.82) is 0 Å². The number of carbonyl (C=O) groups excluding carboxylic acids is 2. The highest BCUT2D eigenvalue weighted by atomic mass is 31.2. The van der Waals surface area contributed by atoms with E-state index in [-0.39, 0.29) is 19.4 Å². The van der Waals surface area contributed by atoms with Crippen molar-refractivity contribution in [3.63, 3.8) is 0 Å². The first-order valence-electron chi connectivity index (χ1n) is 19.2. The second kappa shape index (κ2) is 37.5. The summed E-state index contributed by atoms with van der Waals surface area (Å²) in [6, 6.07) is 0. The van der Waals surface area contributed by atoms with Crippen LogP contribution in [0.4, 0.5) is 0 Å². The predicted octanol–water partition coefficient (Wildman–Crippen LogP) is 11.6. The van der Waals surface area contributed by atoms with E-state index < -0.39 is 32.5 Å². The Morgan fingerprint density at radius 2 is 1.04 bits per heavy atom. The van der Waals surface area contributed by atoms with E-state index in [1.807, 2.05) is 48.6 Å². The molecule has 9 heteroatoms. The number of rotatable bonds is 33. The molecule has 0 aromatic rings. The molecule has 0 aliphatic carbocycles. The summed E-state index contributed by atoms with van der Waals surface area (Å²) in [5, 5.41) is 0. The molecule has 52 heavy (non-hydrogen) atoms. The summed E-state index contributed by atoms with van der Waals surface area (Å²) in [4.78, 5) is 42.7. The lowest BCUT2D eigenvalue weighted by Gasteiger charge is -2.18. The van der Waals surface area contributed by atoms with E-state index >= 15 is 0 Å². The van der Waals surface area contributed by atoms with Gasteiger partial charge in [0.2, 0.25) is 0 Å². The molecule has 0 rings (SSSR count). The summed E-state index contributed by atoms with van der Waals surface area (Å²) < 4.78 is 26.2. The minimum Gasteiger partial charge on any atom is -0.462 e. The molecule has 0 heterocycles. The van der Waals surface area contributed by atoms with E-state index in [0.717, 1.165) is 64.2 Å². The largest absolute Gasteiger partial charge is 0.469 e. The second-order valence-electron chi connectivity index (χ2n) is 12.3. The van der Waals surface area contributed by atoms with Crippen molar-refractivity contribution >= 4 is 19.8 Å². The highest BCUT2D eigenvalue weighted by Crippen LogP contribution is 2.35. The third-order valence-corrected chi connectivity index (χ3v) is 7.87. The fraction of sp³-hybridized carbons (Fsp3) is 0.535. The van der Waals surface area contributed by atoms with Crippen LogP contribution in [0.2, 0.25) is 0 Å². The van der Waals surface area contributed by atoms with Gasteiger partial charge < -0.3 is 19.3 Å². The Morgan fingerprint density at radius 3 is 1.63 bits per heavy atom. The summed E-state index contributed by atoms with van der Waals surface area (Å²) in [5.74, 6) is -1.02. The van der Waals surface area contributed by atoms with Gasteiger partial charge in [0.15, 0.2) is 6.10 Å². The summed E-state index contributed by atoms with van der Waals surface area (Å²) >= 11 is 0. The molecule has 8 nitrogen and oxygen atoms in total. The summed E-state index contributed by atoms with van der Waals surface area (Å²) in [6.45, 7) is 3.41. The van der Waals surface area contributed by atoms with Crippen molar-refractivity contribution in [2.45, 2.75) is 136 Å². The molecule has 0 saturated heterocycles. The van der Waals surface area contributed by atoms with Gasteiger partial charge in [-0.05, 0) is 70.6 Å². The van der Waals surface area contributed by atoms with Crippen molar-refractivity contribution in [3.05, 3.63) is 109 Å². The van der Waals surface area contributed by atoms with Gasteiger partial charge in [-0.2, -0.15) is 0 Å². The predicted molar refractivity (Wildman–Crippen MR) is 216 cm³/mol. The molecule has 0 amide bonds. The molecule has 0 fully saturated rings. The minimum atomic E-state index is -4.79. The van der Waals surface area contributed by atoms with Crippen molar-refractivity contribution in [2.24, 2.45) is 0 Å². The Morgan fingerprint density at radius 1 is 0.538 bits per heavy atom. The quantitative estimate of drug-likeness (QED) is 0.0224. The molecule has 0 spiro atoms. The maximum atomic E-state index is 12.3. The SMILES string of the molecule is CC/C=C/C=C/C=C/C=C/CCCCCCCC(=O)OC[C@H](COP(=O)(O)O)OC(=O)CC/C=C/C/C=C/C/C=C/C/C=C/C/C=C/CCCCC. The van der Waals surface area contributed by atoms with Gasteiger partial charge >= 0.3 is 19.8 Å². The van der Waals surface area contributed by atoms with Crippen molar-refractivity contribution < 1.29 is 37.9 Å². The van der Waals surface area contributed by atoms with Gasteiger partial charge in [0.25, 0.3) is 0 Å². The van der Waals surface area contributed by atoms with Gasteiger partial charge in [-0.3, -0.25) is 14.1 Å². The van der Waals surface area contributed by atoms with Crippen LogP contribution in [0.25, 0.3) is 0 Å². The molecule has 2 N–H and O–H groups in total. The Labute approximate surface area is 315 Å². The summed E-state index contributed by atoms with van der Waals surface area (Å²) in [6.07, 6.45) is 52.5. The number of hydrogen-bond donors (Lipinski definition) is 2.